The molecule has 0 amide bonds. The number of carbonyl (C=O) groups excluding carboxylic acids is 1. The lowest BCUT2D eigenvalue weighted by Gasteiger charge is -2.32. The SMILES string of the molecule is O=C1c2ccccc2OC[C@]1(O)c1ccccc1. The van der Waals surface area contributed by atoms with E-state index in [-0.39, 0.29) is 12.4 Å². The first kappa shape index (κ1) is 11.0. The molecular weight excluding hydrogens is 228 g/mol. The van der Waals surface area contributed by atoms with Crippen LogP contribution in [0.15, 0.2) is 54.6 Å². The number of rotatable bonds is 1. The van der Waals surface area contributed by atoms with E-state index in [1.54, 1.807) is 48.5 Å². The third kappa shape index (κ3) is 1.52. The molecule has 2 aromatic carbocycles. The summed E-state index contributed by atoms with van der Waals surface area (Å²) in [5.41, 5.74) is -0.602. The zero-order chi connectivity index (χ0) is 12.6. The highest BCUT2D eigenvalue weighted by Gasteiger charge is 2.43. The van der Waals surface area contributed by atoms with Gasteiger partial charge in [0.1, 0.15) is 12.4 Å². The summed E-state index contributed by atoms with van der Waals surface area (Å²) >= 11 is 0. The molecule has 0 bridgehead atoms. The molecule has 90 valence electrons. The van der Waals surface area contributed by atoms with Crippen molar-refractivity contribution < 1.29 is 14.6 Å². The molecule has 0 radical (unpaired) electrons. The lowest BCUT2D eigenvalue weighted by Crippen LogP contribution is -2.44. The van der Waals surface area contributed by atoms with Crippen molar-refractivity contribution in [3.8, 4) is 5.75 Å². The van der Waals surface area contributed by atoms with E-state index >= 15 is 0 Å². The molecule has 1 N–H and O–H groups in total. The number of aliphatic hydroxyl groups is 1. The van der Waals surface area contributed by atoms with Gasteiger partial charge in [-0.05, 0) is 17.7 Å². The van der Waals surface area contributed by atoms with Gasteiger partial charge in [0.05, 0.1) is 5.56 Å². The number of Topliss-reactive ketones (excluding diaryl/α,β-unsaturated/α-hetero) is 1. The average molecular weight is 240 g/mol. The van der Waals surface area contributed by atoms with Crippen LogP contribution >= 0.6 is 0 Å². The number of carbonyl (C=O) groups is 1. The van der Waals surface area contributed by atoms with Crippen LogP contribution in [0.25, 0.3) is 0 Å². The molecule has 0 saturated heterocycles. The van der Waals surface area contributed by atoms with Gasteiger partial charge < -0.3 is 9.84 Å². The maximum Gasteiger partial charge on any atom is 0.206 e. The lowest BCUT2D eigenvalue weighted by atomic mass is 9.84. The predicted octanol–water partition coefficient (Wildman–Crippen LogP) is 2.15. The van der Waals surface area contributed by atoms with Crippen LogP contribution in [0.3, 0.4) is 0 Å². The van der Waals surface area contributed by atoms with Crippen LogP contribution in [0.2, 0.25) is 0 Å². The minimum Gasteiger partial charge on any atom is -0.489 e. The molecule has 3 rings (SSSR count). The Morgan fingerprint density at radius 1 is 1.00 bits per heavy atom. The second-order valence-corrected chi connectivity index (χ2v) is 4.34. The zero-order valence-corrected chi connectivity index (χ0v) is 9.67. The third-order valence-corrected chi connectivity index (χ3v) is 3.20. The number of ether oxygens (including phenoxy) is 1. The fraction of sp³-hybridized carbons (Fsp3) is 0.133. The fourth-order valence-electron chi connectivity index (χ4n) is 2.18. The molecular formula is C15H12O3. The molecule has 0 aliphatic carbocycles. The molecule has 3 nitrogen and oxygen atoms in total. The summed E-state index contributed by atoms with van der Waals surface area (Å²) in [6.07, 6.45) is 0. The van der Waals surface area contributed by atoms with Crippen LogP contribution in [-0.4, -0.2) is 17.5 Å². The van der Waals surface area contributed by atoms with Crippen molar-refractivity contribution in [1.29, 1.82) is 0 Å². The smallest absolute Gasteiger partial charge is 0.206 e. The van der Waals surface area contributed by atoms with E-state index in [2.05, 4.69) is 0 Å². The van der Waals surface area contributed by atoms with Crippen molar-refractivity contribution in [3.05, 3.63) is 65.7 Å². The summed E-state index contributed by atoms with van der Waals surface area (Å²) < 4.78 is 5.49. The first-order valence-electron chi connectivity index (χ1n) is 5.76. The van der Waals surface area contributed by atoms with Crippen molar-refractivity contribution >= 4 is 5.78 Å². The largest absolute Gasteiger partial charge is 0.489 e. The number of ketones is 1. The monoisotopic (exact) mass is 240 g/mol. The quantitative estimate of drug-likeness (QED) is 0.830. The fourth-order valence-corrected chi connectivity index (χ4v) is 2.18. The topological polar surface area (TPSA) is 46.5 Å². The van der Waals surface area contributed by atoms with Crippen LogP contribution in [0.4, 0.5) is 0 Å². The van der Waals surface area contributed by atoms with Gasteiger partial charge in [-0.15, -0.1) is 0 Å². The normalized spacial score (nSPS) is 22.2. The molecule has 18 heavy (non-hydrogen) atoms. The average Bonchev–Trinajstić information content (AvgIpc) is 2.44. The molecule has 0 unspecified atom stereocenters. The summed E-state index contributed by atoms with van der Waals surface area (Å²) in [5, 5.41) is 10.6. The first-order chi connectivity index (χ1) is 8.72. The zero-order valence-electron chi connectivity index (χ0n) is 9.67. The Morgan fingerprint density at radius 3 is 2.44 bits per heavy atom. The van der Waals surface area contributed by atoms with Crippen molar-refractivity contribution in [2.75, 3.05) is 6.61 Å². The van der Waals surface area contributed by atoms with E-state index in [9.17, 15) is 9.90 Å². The molecule has 0 aromatic heterocycles. The van der Waals surface area contributed by atoms with E-state index in [4.69, 9.17) is 4.74 Å². The van der Waals surface area contributed by atoms with E-state index in [1.165, 1.54) is 0 Å². The highest BCUT2D eigenvalue weighted by Crippen LogP contribution is 2.34. The van der Waals surface area contributed by atoms with Crippen LogP contribution in [0.1, 0.15) is 15.9 Å². The summed E-state index contributed by atoms with van der Waals surface area (Å²) in [5.74, 6) is 0.221. The standard InChI is InChI=1S/C15H12O3/c16-14-12-8-4-5-9-13(12)18-10-15(14,17)11-6-2-1-3-7-11/h1-9,17H,10H2/t15-/m0/s1. The summed E-state index contributed by atoms with van der Waals surface area (Å²) in [7, 11) is 0. The van der Waals surface area contributed by atoms with E-state index < -0.39 is 5.60 Å². The number of hydrogen-bond donors (Lipinski definition) is 1. The highest BCUT2D eigenvalue weighted by molar-refractivity contribution is 6.05. The van der Waals surface area contributed by atoms with Crippen molar-refractivity contribution in [1.82, 2.24) is 0 Å². The second-order valence-electron chi connectivity index (χ2n) is 4.34. The maximum absolute atomic E-state index is 12.4. The van der Waals surface area contributed by atoms with Gasteiger partial charge >= 0.3 is 0 Å². The summed E-state index contributed by atoms with van der Waals surface area (Å²) in [6.45, 7) is -0.0488. The van der Waals surface area contributed by atoms with E-state index in [0.29, 0.717) is 16.9 Å². The molecule has 3 heteroatoms. The van der Waals surface area contributed by atoms with Gasteiger partial charge in [-0.1, -0.05) is 42.5 Å². The van der Waals surface area contributed by atoms with E-state index in [0.717, 1.165) is 0 Å². The molecule has 2 aromatic rings. The molecule has 1 atom stereocenters. The Kier molecular flexibility index (Phi) is 2.42. The van der Waals surface area contributed by atoms with Crippen molar-refractivity contribution in [2.24, 2.45) is 0 Å². The Bertz CT molecular complexity index is 592. The lowest BCUT2D eigenvalue weighted by molar-refractivity contribution is -0.00504. The van der Waals surface area contributed by atoms with Gasteiger partial charge in [0.2, 0.25) is 5.78 Å². The van der Waals surface area contributed by atoms with Crippen LogP contribution < -0.4 is 4.74 Å². The van der Waals surface area contributed by atoms with Crippen molar-refractivity contribution in [3.63, 3.8) is 0 Å². The maximum atomic E-state index is 12.4. The Labute approximate surface area is 105 Å². The number of fused-ring (bicyclic) bond motifs is 1. The first-order valence-corrected chi connectivity index (χ1v) is 5.76. The Hall–Kier alpha value is -2.13. The van der Waals surface area contributed by atoms with Gasteiger partial charge in [0.15, 0.2) is 5.60 Å². The van der Waals surface area contributed by atoms with Crippen LogP contribution in [-0.2, 0) is 5.60 Å². The third-order valence-electron chi connectivity index (χ3n) is 3.20. The molecule has 1 aliphatic rings. The minimum absolute atomic E-state index is 0.0488. The predicted molar refractivity (Wildman–Crippen MR) is 66.6 cm³/mol. The van der Waals surface area contributed by atoms with Gasteiger partial charge in [-0.2, -0.15) is 0 Å². The number of benzene rings is 2. The number of para-hydroxylation sites is 1. The summed E-state index contributed by atoms with van der Waals surface area (Å²) in [6, 6.07) is 15.9. The van der Waals surface area contributed by atoms with Crippen molar-refractivity contribution in [2.45, 2.75) is 5.60 Å². The van der Waals surface area contributed by atoms with Gasteiger partial charge in [0.25, 0.3) is 0 Å². The minimum atomic E-state index is -1.59. The summed E-state index contributed by atoms with van der Waals surface area (Å²) in [4.78, 5) is 12.4. The Morgan fingerprint density at radius 2 is 1.67 bits per heavy atom. The second kappa shape index (κ2) is 3.96. The van der Waals surface area contributed by atoms with Gasteiger partial charge in [-0.25, -0.2) is 0 Å². The molecule has 1 heterocycles. The van der Waals surface area contributed by atoms with E-state index in [1.807, 2.05) is 6.07 Å². The van der Waals surface area contributed by atoms with Crippen LogP contribution in [0.5, 0.6) is 5.75 Å². The molecule has 0 spiro atoms. The molecule has 1 aliphatic heterocycles. The van der Waals surface area contributed by atoms with Gasteiger partial charge in [0, 0.05) is 0 Å². The van der Waals surface area contributed by atoms with Crippen LogP contribution in [0, 0.1) is 0 Å². The molecule has 0 fully saturated rings. The highest BCUT2D eigenvalue weighted by atomic mass is 16.5. The number of hydrogen-bond acceptors (Lipinski definition) is 3. The van der Waals surface area contributed by atoms with Gasteiger partial charge in [-0.3, -0.25) is 4.79 Å². The molecule has 0 saturated carbocycles. The Balaban J connectivity index is 2.10.